The lowest BCUT2D eigenvalue weighted by Crippen LogP contribution is -1.94. The quantitative estimate of drug-likeness (QED) is 0.456. The molecule has 0 saturated carbocycles. The zero-order valence-electron chi connectivity index (χ0n) is 8.93. The van der Waals surface area contributed by atoms with Crippen molar-refractivity contribution >= 4 is 66.7 Å². The zero-order chi connectivity index (χ0) is 13.3. The van der Waals surface area contributed by atoms with E-state index in [4.69, 9.17) is 34.8 Å². The molecule has 0 spiro atoms. The Kier molecular flexibility index (Phi) is 5.01. The molecule has 0 heterocycles. The summed E-state index contributed by atoms with van der Waals surface area (Å²) in [5.74, 6) is 0. The van der Waals surface area contributed by atoms with Gasteiger partial charge in [-0.2, -0.15) is 0 Å². The minimum absolute atomic E-state index is 0.0303. The highest BCUT2D eigenvalue weighted by Gasteiger charge is 2.15. The van der Waals surface area contributed by atoms with Crippen LogP contribution in [0.2, 0.25) is 15.1 Å². The number of halogens is 5. The molecular weight excluding hydrogens is 422 g/mol. The molecule has 0 aromatic heterocycles. The Hall–Kier alpha value is 0.270. The van der Waals surface area contributed by atoms with Crippen molar-refractivity contribution in [3.8, 4) is 0 Å². The summed E-state index contributed by atoms with van der Waals surface area (Å²) in [6.45, 7) is 0. The molecule has 0 aliphatic carbocycles. The smallest absolute Gasteiger partial charge is 0.0660 e. The van der Waals surface area contributed by atoms with Crippen LogP contribution in [0.4, 0.5) is 0 Å². The predicted octanol–water partition coefficient (Wildman–Crippen LogP) is 6.89. The van der Waals surface area contributed by atoms with Crippen molar-refractivity contribution in [2.45, 2.75) is 4.83 Å². The van der Waals surface area contributed by atoms with Gasteiger partial charge >= 0.3 is 0 Å². The second-order valence-corrected chi connectivity index (χ2v) is 6.72. The average molecular weight is 429 g/mol. The molecule has 0 aliphatic heterocycles. The van der Waals surface area contributed by atoms with Crippen LogP contribution in [0.1, 0.15) is 16.0 Å². The fourth-order valence-corrected chi connectivity index (χ4v) is 3.28. The third-order valence-corrected chi connectivity index (χ3v) is 5.28. The Balaban J connectivity index is 2.44. The number of hydrogen-bond donors (Lipinski definition) is 0. The molecule has 2 aromatic carbocycles. The average Bonchev–Trinajstić information content (AvgIpc) is 2.35. The number of hydrogen-bond acceptors (Lipinski definition) is 0. The summed E-state index contributed by atoms with van der Waals surface area (Å²) in [4.78, 5) is -0.0303. The third kappa shape index (κ3) is 3.23. The van der Waals surface area contributed by atoms with Gasteiger partial charge in [0.2, 0.25) is 0 Å². The van der Waals surface area contributed by atoms with Gasteiger partial charge in [-0.15, -0.1) is 0 Å². The van der Waals surface area contributed by atoms with Crippen LogP contribution < -0.4 is 0 Å². The van der Waals surface area contributed by atoms with E-state index in [9.17, 15) is 0 Å². The SMILES string of the molecule is Clc1ccc(Cl)c(C(Br)c2ccc(Cl)c(Br)c2)c1. The summed E-state index contributed by atoms with van der Waals surface area (Å²) in [5, 5.41) is 2.01. The molecule has 0 fully saturated rings. The molecule has 0 nitrogen and oxygen atoms in total. The van der Waals surface area contributed by atoms with Gasteiger partial charge in [-0.1, -0.05) is 56.8 Å². The van der Waals surface area contributed by atoms with E-state index in [1.165, 1.54) is 0 Å². The van der Waals surface area contributed by atoms with Crippen LogP contribution in [0.25, 0.3) is 0 Å². The van der Waals surface area contributed by atoms with Crippen LogP contribution in [0.15, 0.2) is 40.9 Å². The molecule has 2 rings (SSSR count). The van der Waals surface area contributed by atoms with Gasteiger partial charge in [-0.05, 0) is 57.4 Å². The highest BCUT2D eigenvalue weighted by atomic mass is 79.9. The maximum absolute atomic E-state index is 6.19. The van der Waals surface area contributed by atoms with Gasteiger partial charge in [0.15, 0.2) is 0 Å². The molecule has 0 radical (unpaired) electrons. The standard InChI is InChI=1S/C13H7Br2Cl3/c14-10-5-7(1-3-12(10)18)13(15)9-6-8(16)2-4-11(9)17/h1-6,13H. The van der Waals surface area contributed by atoms with Gasteiger partial charge < -0.3 is 0 Å². The van der Waals surface area contributed by atoms with E-state index in [0.717, 1.165) is 15.6 Å². The highest BCUT2D eigenvalue weighted by molar-refractivity contribution is 9.10. The highest BCUT2D eigenvalue weighted by Crippen LogP contribution is 2.38. The van der Waals surface area contributed by atoms with E-state index in [1.54, 1.807) is 12.1 Å². The van der Waals surface area contributed by atoms with E-state index >= 15 is 0 Å². The van der Waals surface area contributed by atoms with Gasteiger partial charge in [-0.25, -0.2) is 0 Å². The lowest BCUT2D eigenvalue weighted by Gasteiger charge is -2.13. The molecule has 0 aliphatic rings. The molecule has 0 N–H and O–H groups in total. The maximum atomic E-state index is 6.19. The zero-order valence-corrected chi connectivity index (χ0v) is 14.4. The summed E-state index contributed by atoms with van der Waals surface area (Å²) in [7, 11) is 0. The first kappa shape index (κ1) is 14.7. The normalized spacial score (nSPS) is 12.5. The minimum atomic E-state index is -0.0303. The van der Waals surface area contributed by atoms with E-state index in [2.05, 4.69) is 31.9 Å². The fourth-order valence-electron chi connectivity index (χ4n) is 1.56. The molecular formula is C13H7Br2Cl3. The first-order chi connectivity index (χ1) is 8.49. The monoisotopic (exact) mass is 426 g/mol. The third-order valence-electron chi connectivity index (χ3n) is 2.47. The lowest BCUT2D eigenvalue weighted by molar-refractivity contribution is 1.17. The van der Waals surface area contributed by atoms with E-state index in [-0.39, 0.29) is 4.83 Å². The summed E-state index contributed by atoms with van der Waals surface area (Å²) < 4.78 is 0.851. The van der Waals surface area contributed by atoms with Crippen molar-refractivity contribution in [2.24, 2.45) is 0 Å². The van der Waals surface area contributed by atoms with E-state index < -0.39 is 0 Å². The van der Waals surface area contributed by atoms with E-state index in [1.807, 2.05) is 24.3 Å². The van der Waals surface area contributed by atoms with Gasteiger partial charge in [0.05, 0.1) is 9.85 Å². The number of benzene rings is 2. The molecule has 0 bridgehead atoms. The Morgan fingerprint density at radius 1 is 0.889 bits per heavy atom. The van der Waals surface area contributed by atoms with Crippen LogP contribution in [-0.2, 0) is 0 Å². The Morgan fingerprint density at radius 3 is 2.22 bits per heavy atom. The summed E-state index contributed by atoms with van der Waals surface area (Å²) in [5.41, 5.74) is 1.98. The van der Waals surface area contributed by atoms with E-state index in [0.29, 0.717) is 15.1 Å². The first-order valence-electron chi connectivity index (χ1n) is 5.03. The molecule has 0 amide bonds. The summed E-state index contributed by atoms with van der Waals surface area (Å²) in [6.07, 6.45) is 0. The molecule has 1 atom stereocenters. The largest absolute Gasteiger partial charge is 0.0843 e. The van der Waals surface area contributed by atoms with Crippen LogP contribution in [0.5, 0.6) is 0 Å². The molecule has 1 unspecified atom stereocenters. The van der Waals surface area contributed by atoms with Crippen LogP contribution >= 0.6 is 66.7 Å². The van der Waals surface area contributed by atoms with Crippen molar-refractivity contribution in [3.05, 3.63) is 67.1 Å². The second-order valence-electron chi connectivity index (χ2n) is 3.70. The van der Waals surface area contributed by atoms with Crippen LogP contribution in [0.3, 0.4) is 0 Å². The molecule has 18 heavy (non-hydrogen) atoms. The first-order valence-corrected chi connectivity index (χ1v) is 7.87. The van der Waals surface area contributed by atoms with Gasteiger partial charge in [-0.3, -0.25) is 0 Å². The van der Waals surface area contributed by atoms with Crippen molar-refractivity contribution in [2.75, 3.05) is 0 Å². The minimum Gasteiger partial charge on any atom is -0.0843 e. The lowest BCUT2D eigenvalue weighted by atomic mass is 10.0. The van der Waals surface area contributed by atoms with Gasteiger partial charge in [0.25, 0.3) is 0 Å². The predicted molar refractivity (Wildman–Crippen MR) is 86.4 cm³/mol. The Morgan fingerprint density at radius 2 is 1.56 bits per heavy atom. The number of rotatable bonds is 2. The number of alkyl halides is 1. The topological polar surface area (TPSA) is 0 Å². The van der Waals surface area contributed by atoms with Crippen molar-refractivity contribution in [1.29, 1.82) is 0 Å². The van der Waals surface area contributed by atoms with Gasteiger partial charge in [0, 0.05) is 14.5 Å². The van der Waals surface area contributed by atoms with Crippen molar-refractivity contribution < 1.29 is 0 Å². The van der Waals surface area contributed by atoms with Crippen LogP contribution in [0, 0.1) is 0 Å². The Bertz CT molecular complexity index is 584. The molecule has 0 saturated heterocycles. The van der Waals surface area contributed by atoms with Crippen molar-refractivity contribution in [3.63, 3.8) is 0 Å². The fraction of sp³-hybridized carbons (Fsp3) is 0.0769. The molecule has 2 aromatic rings. The van der Waals surface area contributed by atoms with Gasteiger partial charge in [0.1, 0.15) is 0 Å². The summed E-state index contributed by atoms with van der Waals surface area (Å²) >= 11 is 25.2. The Labute approximate surface area is 137 Å². The van der Waals surface area contributed by atoms with Crippen molar-refractivity contribution in [1.82, 2.24) is 0 Å². The summed E-state index contributed by atoms with van der Waals surface area (Å²) in [6, 6.07) is 11.2. The van der Waals surface area contributed by atoms with Crippen LogP contribution in [-0.4, -0.2) is 0 Å². The molecule has 5 heteroatoms. The maximum Gasteiger partial charge on any atom is 0.0660 e. The molecule has 94 valence electrons. The second kappa shape index (κ2) is 6.15.